The zero-order chi connectivity index (χ0) is 9.97. The number of anilines is 1. The van der Waals surface area contributed by atoms with E-state index in [9.17, 15) is 8.78 Å². The number of nitrogens with one attached hydrogen (secondary N) is 1. The Hall–Kier alpha value is -1.26. The van der Waals surface area contributed by atoms with Crippen molar-refractivity contribution < 1.29 is 8.78 Å². The standard InChI is InChI=1S/C9H11F2N3/c10-6-1-2-8(3-6)14-9-12-4-7(11)5-13-9/h4-6,8H,1-3H2,(H,12,13,14)/t6-,8-/m0/s1. The number of hydrogen-bond acceptors (Lipinski definition) is 3. The molecule has 0 saturated heterocycles. The van der Waals surface area contributed by atoms with Crippen LogP contribution in [0.4, 0.5) is 14.7 Å². The van der Waals surface area contributed by atoms with Crippen LogP contribution in [0, 0.1) is 5.82 Å². The summed E-state index contributed by atoms with van der Waals surface area (Å²) in [4.78, 5) is 7.49. The Morgan fingerprint density at radius 3 is 2.57 bits per heavy atom. The van der Waals surface area contributed by atoms with Gasteiger partial charge in [0.2, 0.25) is 5.95 Å². The summed E-state index contributed by atoms with van der Waals surface area (Å²) >= 11 is 0. The molecule has 1 fully saturated rings. The molecule has 3 nitrogen and oxygen atoms in total. The van der Waals surface area contributed by atoms with E-state index >= 15 is 0 Å². The molecule has 1 aliphatic carbocycles. The van der Waals surface area contributed by atoms with E-state index in [0.29, 0.717) is 18.8 Å². The van der Waals surface area contributed by atoms with Crippen molar-refractivity contribution in [3.63, 3.8) is 0 Å². The predicted molar refractivity (Wildman–Crippen MR) is 48.1 cm³/mol. The minimum absolute atomic E-state index is 0.0791. The van der Waals surface area contributed by atoms with Crippen molar-refractivity contribution in [3.05, 3.63) is 18.2 Å². The molecule has 1 saturated carbocycles. The zero-order valence-electron chi connectivity index (χ0n) is 7.58. The van der Waals surface area contributed by atoms with Crippen LogP contribution in [-0.4, -0.2) is 22.2 Å². The van der Waals surface area contributed by atoms with Gasteiger partial charge >= 0.3 is 0 Å². The first-order valence-electron chi connectivity index (χ1n) is 4.62. The maximum atomic E-state index is 12.8. The molecule has 0 radical (unpaired) electrons. The number of hydrogen-bond donors (Lipinski definition) is 1. The van der Waals surface area contributed by atoms with Crippen LogP contribution in [0.2, 0.25) is 0 Å². The van der Waals surface area contributed by atoms with E-state index in [0.717, 1.165) is 18.8 Å². The Bertz CT molecular complexity index is 301. The summed E-state index contributed by atoms with van der Waals surface area (Å²) in [5.74, 6) is -0.101. The van der Waals surface area contributed by atoms with Crippen molar-refractivity contribution in [1.82, 2.24) is 9.97 Å². The SMILES string of the molecule is Fc1cnc(N[C@H]2CC[C@H](F)C2)nc1. The Kier molecular flexibility index (Phi) is 2.56. The van der Waals surface area contributed by atoms with Crippen LogP contribution in [0.1, 0.15) is 19.3 Å². The third kappa shape index (κ3) is 2.16. The highest BCUT2D eigenvalue weighted by atomic mass is 19.1. The van der Waals surface area contributed by atoms with Gasteiger partial charge in [0.25, 0.3) is 0 Å². The first-order valence-corrected chi connectivity index (χ1v) is 4.62. The van der Waals surface area contributed by atoms with Gasteiger partial charge in [0.05, 0.1) is 12.4 Å². The van der Waals surface area contributed by atoms with Crippen LogP contribution in [0.5, 0.6) is 0 Å². The summed E-state index contributed by atoms with van der Waals surface area (Å²) in [6.45, 7) is 0. The molecule has 1 heterocycles. The van der Waals surface area contributed by atoms with Crippen molar-refractivity contribution in [3.8, 4) is 0 Å². The fourth-order valence-electron chi connectivity index (χ4n) is 1.63. The topological polar surface area (TPSA) is 37.8 Å². The summed E-state index contributed by atoms with van der Waals surface area (Å²) in [7, 11) is 0. The zero-order valence-corrected chi connectivity index (χ0v) is 7.58. The van der Waals surface area contributed by atoms with Gasteiger partial charge in [-0.15, -0.1) is 0 Å². The number of aromatic nitrogens is 2. The second-order valence-corrected chi connectivity index (χ2v) is 3.48. The summed E-state index contributed by atoms with van der Waals surface area (Å²) in [6.07, 6.45) is 3.31. The van der Waals surface area contributed by atoms with Crippen molar-refractivity contribution in [1.29, 1.82) is 0 Å². The minimum Gasteiger partial charge on any atom is -0.351 e. The Morgan fingerprint density at radius 2 is 2.00 bits per heavy atom. The lowest BCUT2D eigenvalue weighted by Gasteiger charge is -2.10. The smallest absolute Gasteiger partial charge is 0.222 e. The highest BCUT2D eigenvalue weighted by molar-refractivity contribution is 5.25. The quantitative estimate of drug-likeness (QED) is 0.790. The minimum atomic E-state index is -0.729. The molecule has 0 spiro atoms. The van der Waals surface area contributed by atoms with E-state index < -0.39 is 12.0 Å². The molecule has 1 aromatic heterocycles. The summed E-state index contributed by atoms with van der Waals surface area (Å²) in [5.41, 5.74) is 0. The maximum Gasteiger partial charge on any atom is 0.222 e. The fraction of sp³-hybridized carbons (Fsp3) is 0.556. The molecule has 0 bridgehead atoms. The van der Waals surface area contributed by atoms with E-state index in [-0.39, 0.29) is 6.04 Å². The normalized spacial score (nSPS) is 26.4. The van der Waals surface area contributed by atoms with Gasteiger partial charge in [0.15, 0.2) is 5.82 Å². The van der Waals surface area contributed by atoms with E-state index in [1.807, 2.05) is 0 Å². The molecule has 2 atom stereocenters. The third-order valence-corrected chi connectivity index (χ3v) is 2.32. The van der Waals surface area contributed by atoms with Gasteiger partial charge in [0.1, 0.15) is 6.17 Å². The molecule has 14 heavy (non-hydrogen) atoms. The average molecular weight is 199 g/mol. The van der Waals surface area contributed by atoms with Crippen molar-refractivity contribution in [2.24, 2.45) is 0 Å². The van der Waals surface area contributed by atoms with Crippen molar-refractivity contribution >= 4 is 5.95 Å². The molecule has 0 aromatic carbocycles. The lowest BCUT2D eigenvalue weighted by Crippen LogP contribution is -2.17. The van der Waals surface area contributed by atoms with Crippen LogP contribution in [0.3, 0.4) is 0 Å². The Balaban J connectivity index is 1.94. The molecule has 1 aliphatic rings. The lowest BCUT2D eigenvalue weighted by molar-refractivity contribution is 0.340. The average Bonchev–Trinajstić information content (AvgIpc) is 2.56. The van der Waals surface area contributed by atoms with Crippen LogP contribution in [-0.2, 0) is 0 Å². The van der Waals surface area contributed by atoms with E-state index in [2.05, 4.69) is 15.3 Å². The summed E-state index contributed by atoms with van der Waals surface area (Å²) in [6, 6.07) is 0.0791. The van der Waals surface area contributed by atoms with Crippen LogP contribution < -0.4 is 5.32 Å². The summed E-state index contributed by atoms with van der Waals surface area (Å²) in [5, 5.41) is 2.97. The molecule has 0 aliphatic heterocycles. The molecule has 76 valence electrons. The number of nitrogens with zero attached hydrogens (tertiary/aromatic N) is 2. The third-order valence-electron chi connectivity index (χ3n) is 2.32. The maximum absolute atomic E-state index is 12.8. The first-order chi connectivity index (χ1) is 6.74. The molecule has 5 heteroatoms. The number of rotatable bonds is 2. The van der Waals surface area contributed by atoms with Crippen LogP contribution in [0.25, 0.3) is 0 Å². The largest absolute Gasteiger partial charge is 0.351 e. The molecular formula is C9H11F2N3. The Morgan fingerprint density at radius 1 is 1.29 bits per heavy atom. The van der Waals surface area contributed by atoms with Crippen LogP contribution in [0.15, 0.2) is 12.4 Å². The lowest BCUT2D eigenvalue weighted by atomic mass is 10.2. The van der Waals surface area contributed by atoms with Gasteiger partial charge in [-0.3, -0.25) is 0 Å². The first kappa shape index (κ1) is 9.30. The number of alkyl halides is 1. The second-order valence-electron chi connectivity index (χ2n) is 3.48. The van der Waals surface area contributed by atoms with Gasteiger partial charge in [-0.25, -0.2) is 18.7 Å². The van der Waals surface area contributed by atoms with Gasteiger partial charge in [-0.1, -0.05) is 0 Å². The number of halogens is 2. The highest BCUT2D eigenvalue weighted by Gasteiger charge is 2.24. The van der Waals surface area contributed by atoms with Gasteiger partial charge in [-0.05, 0) is 19.3 Å². The van der Waals surface area contributed by atoms with Gasteiger partial charge in [0, 0.05) is 6.04 Å². The molecule has 1 N–H and O–H groups in total. The molecule has 1 aromatic rings. The fourth-order valence-corrected chi connectivity index (χ4v) is 1.63. The highest BCUT2D eigenvalue weighted by Crippen LogP contribution is 2.23. The Labute approximate surface area is 80.6 Å². The molecule has 2 rings (SSSR count). The van der Waals surface area contributed by atoms with E-state index in [1.54, 1.807) is 0 Å². The molecule has 0 amide bonds. The van der Waals surface area contributed by atoms with Crippen molar-refractivity contribution in [2.75, 3.05) is 5.32 Å². The predicted octanol–water partition coefficient (Wildman–Crippen LogP) is 1.92. The van der Waals surface area contributed by atoms with E-state index in [4.69, 9.17) is 0 Å². The van der Waals surface area contributed by atoms with Gasteiger partial charge in [-0.2, -0.15) is 0 Å². The molecular weight excluding hydrogens is 188 g/mol. The van der Waals surface area contributed by atoms with Crippen LogP contribution >= 0.6 is 0 Å². The monoisotopic (exact) mass is 199 g/mol. The van der Waals surface area contributed by atoms with E-state index in [1.165, 1.54) is 0 Å². The summed E-state index contributed by atoms with van der Waals surface area (Å²) < 4.78 is 25.2. The van der Waals surface area contributed by atoms with Crippen molar-refractivity contribution in [2.45, 2.75) is 31.5 Å². The molecule has 0 unspecified atom stereocenters. The van der Waals surface area contributed by atoms with Gasteiger partial charge < -0.3 is 5.32 Å². The second kappa shape index (κ2) is 3.86.